The minimum absolute atomic E-state index is 0.0180. The van der Waals surface area contributed by atoms with E-state index in [-0.39, 0.29) is 29.5 Å². The topological polar surface area (TPSA) is 112 Å². The minimum atomic E-state index is -3.85. The van der Waals surface area contributed by atoms with Crippen LogP contribution in [0.3, 0.4) is 0 Å². The van der Waals surface area contributed by atoms with Gasteiger partial charge in [-0.05, 0) is 37.3 Å². The maximum Gasteiger partial charge on any atom is 0.347 e. The van der Waals surface area contributed by atoms with Gasteiger partial charge in [-0.25, -0.2) is 22.7 Å². The van der Waals surface area contributed by atoms with Crippen molar-refractivity contribution in [2.45, 2.75) is 37.0 Å². The molecule has 2 heterocycles. The Hall–Kier alpha value is -2.65. The number of hydrogen-bond acceptors (Lipinski definition) is 7. The number of cyclic esters (lactones) is 1. The van der Waals surface area contributed by atoms with Crippen molar-refractivity contribution in [2.24, 2.45) is 0 Å². The van der Waals surface area contributed by atoms with Gasteiger partial charge in [0, 0.05) is 6.42 Å². The van der Waals surface area contributed by atoms with E-state index in [1.807, 2.05) is 0 Å². The molecule has 0 spiro atoms. The second-order valence-electron chi connectivity index (χ2n) is 5.81. The Morgan fingerprint density at radius 2 is 2.12 bits per heavy atom. The Bertz CT molecular complexity index is 905. The fraction of sp³-hybridized carbons (Fsp3) is 0.294. The number of benzene rings is 1. The van der Waals surface area contributed by atoms with Crippen molar-refractivity contribution in [3.63, 3.8) is 0 Å². The van der Waals surface area contributed by atoms with E-state index in [1.165, 1.54) is 30.5 Å². The van der Waals surface area contributed by atoms with Gasteiger partial charge in [-0.1, -0.05) is 6.07 Å². The van der Waals surface area contributed by atoms with Crippen LogP contribution in [0.2, 0.25) is 0 Å². The summed E-state index contributed by atoms with van der Waals surface area (Å²) in [7, 11) is -3.85. The SMILES string of the molecule is CC1CC(OC(=O)c2cccc(S(=O)(=O)NCc3ccco3)c2)C(=O)O1. The lowest BCUT2D eigenvalue weighted by Crippen LogP contribution is -2.24. The molecule has 1 aliphatic rings. The van der Waals surface area contributed by atoms with E-state index < -0.39 is 28.1 Å². The molecule has 0 aliphatic carbocycles. The Morgan fingerprint density at radius 1 is 1.31 bits per heavy atom. The maximum absolute atomic E-state index is 12.4. The Balaban J connectivity index is 1.70. The molecule has 26 heavy (non-hydrogen) atoms. The lowest BCUT2D eigenvalue weighted by Gasteiger charge is -2.10. The van der Waals surface area contributed by atoms with Crippen molar-refractivity contribution in [1.29, 1.82) is 0 Å². The molecular weight excluding hydrogens is 362 g/mol. The van der Waals surface area contributed by atoms with Gasteiger partial charge in [0.05, 0.1) is 23.3 Å². The number of ether oxygens (including phenoxy) is 2. The molecule has 1 aromatic heterocycles. The molecule has 0 saturated carbocycles. The van der Waals surface area contributed by atoms with Crippen LogP contribution in [0, 0.1) is 0 Å². The molecule has 0 radical (unpaired) electrons. The summed E-state index contributed by atoms with van der Waals surface area (Å²) >= 11 is 0. The summed E-state index contributed by atoms with van der Waals surface area (Å²) in [4.78, 5) is 23.7. The molecule has 8 nitrogen and oxygen atoms in total. The number of sulfonamides is 1. The fourth-order valence-corrected chi connectivity index (χ4v) is 3.51. The van der Waals surface area contributed by atoms with Crippen molar-refractivity contribution in [3.05, 3.63) is 54.0 Å². The van der Waals surface area contributed by atoms with Crippen molar-refractivity contribution < 1.29 is 31.9 Å². The van der Waals surface area contributed by atoms with Gasteiger partial charge in [-0.15, -0.1) is 0 Å². The average Bonchev–Trinajstić information content (AvgIpc) is 3.23. The molecular formula is C17H17NO7S. The third-order valence-corrected chi connectivity index (χ3v) is 5.17. The summed E-state index contributed by atoms with van der Waals surface area (Å²) in [6.45, 7) is 1.68. The first-order valence-electron chi connectivity index (χ1n) is 7.89. The van der Waals surface area contributed by atoms with E-state index in [2.05, 4.69) is 4.72 Å². The van der Waals surface area contributed by atoms with Gasteiger partial charge >= 0.3 is 11.9 Å². The normalized spacial score (nSPS) is 20.0. The molecule has 1 aliphatic heterocycles. The first kappa shape index (κ1) is 18.2. The molecule has 1 fully saturated rings. The molecule has 9 heteroatoms. The number of nitrogens with one attached hydrogen (secondary N) is 1. The van der Waals surface area contributed by atoms with Gasteiger partial charge < -0.3 is 13.9 Å². The Labute approximate surface area is 150 Å². The van der Waals surface area contributed by atoms with Crippen LogP contribution >= 0.6 is 0 Å². The van der Waals surface area contributed by atoms with E-state index in [4.69, 9.17) is 13.9 Å². The molecule has 0 amide bonds. The Morgan fingerprint density at radius 3 is 2.77 bits per heavy atom. The van der Waals surface area contributed by atoms with E-state index >= 15 is 0 Å². The predicted octanol–water partition coefficient (Wildman–Crippen LogP) is 1.62. The highest BCUT2D eigenvalue weighted by Gasteiger charge is 2.35. The van der Waals surface area contributed by atoms with Crippen LogP contribution in [0.1, 0.15) is 29.5 Å². The van der Waals surface area contributed by atoms with Crippen molar-refractivity contribution in [1.82, 2.24) is 4.72 Å². The number of carbonyl (C=O) groups excluding carboxylic acids is 2. The third kappa shape index (κ3) is 4.12. The Kier molecular flexibility index (Phi) is 5.10. The molecule has 1 saturated heterocycles. The highest BCUT2D eigenvalue weighted by molar-refractivity contribution is 7.89. The molecule has 138 valence electrons. The zero-order valence-electron chi connectivity index (χ0n) is 13.9. The first-order chi connectivity index (χ1) is 12.3. The van der Waals surface area contributed by atoms with Gasteiger partial charge in [0.25, 0.3) is 0 Å². The van der Waals surface area contributed by atoms with E-state index in [9.17, 15) is 18.0 Å². The van der Waals surface area contributed by atoms with Crippen molar-refractivity contribution in [2.75, 3.05) is 0 Å². The molecule has 1 aromatic carbocycles. The van der Waals surface area contributed by atoms with Crippen LogP contribution in [0.25, 0.3) is 0 Å². The predicted molar refractivity (Wildman–Crippen MR) is 88.6 cm³/mol. The second kappa shape index (κ2) is 7.30. The van der Waals surface area contributed by atoms with Crippen LogP contribution in [0.4, 0.5) is 0 Å². The van der Waals surface area contributed by atoms with Crippen LogP contribution < -0.4 is 4.72 Å². The van der Waals surface area contributed by atoms with E-state index in [0.29, 0.717) is 5.76 Å². The largest absolute Gasteiger partial charge is 0.468 e. The quantitative estimate of drug-likeness (QED) is 0.759. The van der Waals surface area contributed by atoms with Crippen LogP contribution in [0.5, 0.6) is 0 Å². The maximum atomic E-state index is 12.4. The number of furan rings is 1. The highest BCUT2D eigenvalue weighted by atomic mass is 32.2. The minimum Gasteiger partial charge on any atom is -0.468 e. The number of rotatable bonds is 6. The molecule has 0 bridgehead atoms. The zero-order chi connectivity index (χ0) is 18.7. The molecule has 2 atom stereocenters. The lowest BCUT2D eigenvalue weighted by molar-refractivity contribution is -0.147. The lowest BCUT2D eigenvalue weighted by atomic mass is 10.2. The summed E-state index contributed by atoms with van der Waals surface area (Å²) in [5.74, 6) is -0.933. The summed E-state index contributed by atoms with van der Waals surface area (Å²) in [5, 5.41) is 0. The fourth-order valence-electron chi connectivity index (χ4n) is 2.47. The number of carbonyl (C=O) groups is 2. The van der Waals surface area contributed by atoms with Crippen molar-refractivity contribution in [3.8, 4) is 0 Å². The number of hydrogen-bond donors (Lipinski definition) is 1. The summed E-state index contributed by atoms with van der Waals surface area (Å²) < 4.78 is 42.2. The molecule has 2 aromatic rings. The summed E-state index contributed by atoms with van der Waals surface area (Å²) in [6.07, 6.45) is 0.412. The first-order valence-corrected chi connectivity index (χ1v) is 9.37. The second-order valence-corrected chi connectivity index (χ2v) is 7.58. The summed E-state index contributed by atoms with van der Waals surface area (Å²) in [6, 6.07) is 8.67. The van der Waals surface area contributed by atoms with E-state index in [0.717, 1.165) is 0 Å². The molecule has 3 rings (SSSR count). The van der Waals surface area contributed by atoms with Gasteiger partial charge in [-0.2, -0.15) is 0 Å². The van der Waals surface area contributed by atoms with Gasteiger partial charge in [0.1, 0.15) is 11.9 Å². The standard InChI is InChI=1S/C17H17NO7S/c1-11-8-15(17(20)24-11)25-16(19)12-4-2-6-14(9-12)26(21,22)18-10-13-5-3-7-23-13/h2-7,9,11,15,18H,8,10H2,1H3. The van der Waals surface area contributed by atoms with Crippen LogP contribution in [0.15, 0.2) is 52.0 Å². The zero-order valence-corrected chi connectivity index (χ0v) is 14.7. The smallest absolute Gasteiger partial charge is 0.347 e. The van der Waals surface area contributed by atoms with Gasteiger partial charge in [0.15, 0.2) is 0 Å². The highest BCUT2D eigenvalue weighted by Crippen LogP contribution is 2.20. The molecule has 2 unspecified atom stereocenters. The third-order valence-electron chi connectivity index (χ3n) is 3.77. The van der Waals surface area contributed by atoms with Crippen LogP contribution in [-0.2, 0) is 30.8 Å². The van der Waals surface area contributed by atoms with Gasteiger partial charge in [-0.3, -0.25) is 0 Å². The number of esters is 2. The van der Waals surface area contributed by atoms with E-state index in [1.54, 1.807) is 19.1 Å². The van der Waals surface area contributed by atoms with Crippen molar-refractivity contribution >= 4 is 22.0 Å². The monoisotopic (exact) mass is 379 g/mol. The van der Waals surface area contributed by atoms with Gasteiger partial charge in [0.2, 0.25) is 16.1 Å². The van der Waals surface area contributed by atoms with Crippen LogP contribution in [-0.4, -0.2) is 32.6 Å². The summed E-state index contributed by atoms with van der Waals surface area (Å²) in [5.41, 5.74) is 0.0261. The molecule has 1 N–H and O–H groups in total. The average molecular weight is 379 g/mol.